The number of anilines is 2. The molecule has 5 rings (SSSR count). The van der Waals surface area contributed by atoms with Gasteiger partial charge in [0.1, 0.15) is 34.4 Å². The number of aromatic nitrogens is 4. The summed E-state index contributed by atoms with van der Waals surface area (Å²) in [5.41, 5.74) is 7.58. The molecule has 1 saturated carbocycles. The molecule has 0 spiro atoms. The number of nitrogens with zero attached hydrogens (tertiary/aromatic N) is 4. The number of rotatable bonds is 7. The lowest BCUT2D eigenvalue weighted by Crippen LogP contribution is -2.20. The van der Waals surface area contributed by atoms with Crippen LogP contribution in [0.1, 0.15) is 74.1 Å². The predicted octanol–water partition coefficient (Wildman–Crippen LogP) is 6.97. The van der Waals surface area contributed by atoms with Crippen molar-refractivity contribution in [1.82, 2.24) is 19.4 Å². The second-order valence-corrected chi connectivity index (χ2v) is 10.7. The first-order valence-electron chi connectivity index (χ1n) is 13.8. The van der Waals surface area contributed by atoms with Crippen LogP contribution < -0.4 is 15.8 Å². The van der Waals surface area contributed by atoms with Gasteiger partial charge in [-0.1, -0.05) is 26.7 Å². The van der Waals surface area contributed by atoms with Gasteiger partial charge >= 0.3 is 6.18 Å². The SMILES string of the molecule is CCOc1cc(C(=O)Nc2cc(C(F)(F)F)ccn2)ccc1-c1nc([C@H]2CCCC(C(C)C)C2)n2ccnc(N)c12. The third-order valence-electron chi connectivity index (χ3n) is 7.76. The zero-order chi connectivity index (χ0) is 29.3. The van der Waals surface area contributed by atoms with Gasteiger partial charge in [0.25, 0.3) is 5.91 Å². The second-order valence-electron chi connectivity index (χ2n) is 10.7. The monoisotopic (exact) mass is 566 g/mol. The van der Waals surface area contributed by atoms with Gasteiger partial charge in [0, 0.05) is 35.6 Å². The summed E-state index contributed by atoms with van der Waals surface area (Å²) >= 11 is 0. The third kappa shape index (κ3) is 5.84. The Labute approximate surface area is 236 Å². The highest BCUT2D eigenvalue weighted by atomic mass is 19.4. The van der Waals surface area contributed by atoms with E-state index >= 15 is 0 Å². The number of halogens is 3. The van der Waals surface area contributed by atoms with Crippen LogP contribution in [0, 0.1) is 11.8 Å². The number of nitrogens with one attached hydrogen (secondary N) is 1. The number of ether oxygens (including phenoxy) is 1. The minimum absolute atomic E-state index is 0.193. The summed E-state index contributed by atoms with van der Waals surface area (Å²) in [4.78, 5) is 26.3. The standard InChI is InChI=1S/C30H33F3N6O2/c1-4-41-23-15-20(29(40)37-24-16-21(10-11-35-24)30(31,32)33)8-9-22(23)25-26-27(34)36-12-13-39(26)28(38-25)19-7-5-6-18(14-19)17(2)3/h8-13,15-19H,4-7,14H2,1-3H3,(H2,34,36)(H,35,37,40)/t18?,19-/m0/s1. The van der Waals surface area contributed by atoms with Gasteiger partial charge in [-0.25, -0.2) is 15.0 Å². The second kappa shape index (κ2) is 11.4. The van der Waals surface area contributed by atoms with Gasteiger partial charge in [0.15, 0.2) is 0 Å². The van der Waals surface area contributed by atoms with Crippen LogP contribution in [0.15, 0.2) is 48.9 Å². The van der Waals surface area contributed by atoms with E-state index in [0.29, 0.717) is 46.8 Å². The van der Waals surface area contributed by atoms with Crippen molar-refractivity contribution in [3.05, 3.63) is 65.9 Å². The zero-order valence-electron chi connectivity index (χ0n) is 23.2. The number of pyridine rings is 1. The fraction of sp³-hybridized carbons (Fsp3) is 0.400. The first-order valence-corrected chi connectivity index (χ1v) is 13.8. The molecule has 1 unspecified atom stereocenters. The summed E-state index contributed by atoms with van der Waals surface area (Å²) in [7, 11) is 0. The molecule has 4 aromatic rings. The summed E-state index contributed by atoms with van der Waals surface area (Å²) in [6, 6.07) is 6.48. The highest BCUT2D eigenvalue weighted by Gasteiger charge is 2.32. The molecule has 2 atom stereocenters. The number of carbonyl (C=O) groups excluding carboxylic acids is 1. The smallest absolute Gasteiger partial charge is 0.416 e. The number of benzene rings is 1. The fourth-order valence-corrected chi connectivity index (χ4v) is 5.63. The maximum Gasteiger partial charge on any atom is 0.416 e. The summed E-state index contributed by atoms with van der Waals surface area (Å²) in [5, 5.41) is 2.44. The van der Waals surface area contributed by atoms with Crippen molar-refractivity contribution in [2.45, 2.75) is 58.5 Å². The first kappa shape index (κ1) is 28.4. The van der Waals surface area contributed by atoms with Crippen LogP contribution in [0.25, 0.3) is 16.8 Å². The van der Waals surface area contributed by atoms with E-state index in [0.717, 1.165) is 43.4 Å². The molecule has 0 radical (unpaired) electrons. The van der Waals surface area contributed by atoms with Gasteiger partial charge in [-0.2, -0.15) is 13.2 Å². The maximum atomic E-state index is 13.1. The molecule has 1 aliphatic rings. The lowest BCUT2D eigenvalue weighted by Gasteiger charge is -2.31. The van der Waals surface area contributed by atoms with E-state index in [1.54, 1.807) is 24.4 Å². The Balaban J connectivity index is 1.52. The van der Waals surface area contributed by atoms with Crippen LogP contribution in [0.2, 0.25) is 0 Å². The minimum Gasteiger partial charge on any atom is -0.493 e. The molecule has 0 saturated heterocycles. The molecule has 3 heterocycles. The van der Waals surface area contributed by atoms with Crippen molar-refractivity contribution in [3.8, 4) is 17.0 Å². The third-order valence-corrected chi connectivity index (χ3v) is 7.76. The number of carbonyl (C=O) groups is 1. The summed E-state index contributed by atoms with van der Waals surface area (Å²) in [6.45, 7) is 6.67. The molecule has 3 N–H and O–H groups in total. The van der Waals surface area contributed by atoms with E-state index in [-0.39, 0.29) is 17.3 Å². The van der Waals surface area contributed by atoms with Gasteiger partial charge < -0.3 is 15.8 Å². The molecular formula is C30H33F3N6O2. The van der Waals surface area contributed by atoms with Crippen LogP contribution >= 0.6 is 0 Å². The summed E-state index contributed by atoms with van der Waals surface area (Å²) in [6.07, 6.45) is 4.41. The average Bonchev–Trinajstić information content (AvgIpc) is 3.34. The van der Waals surface area contributed by atoms with Crippen LogP contribution in [0.3, 0.4) is 0 Å². The summed E-state index contributed by atoms with van der Waals surface area (Å²) < 4.78 is 47.3. The molecule has 11 heteroatoms. The molecule has 1 aromatic carbocycles. The normalized spacial score (nSPS) is 17.6. The lowest BCUT2D eigenvalue weighted by molar-refractivity contribution is -0.137. The number of amides is 1. The van der Waals surface area contributed by atoms with Gasteiger partial charge in [-0.05, 0) is 61.9 Å². The van der Waals surface area contributed by atoms with Crippen molar-refractivity contribution in [1.29, 1.82) is 0 Å². The van der Waals surface area contributed by atoms with Gasteiger partial charge in [-0.15, -0.1) is 0 Å². The Morgan fingerprint density at radius 1 is 1.17 bits per heavy atom. The Kier molecular flexibility index (Phi) is 7.88. The van der Waals surface area contributed by atoms with Crippen LogP contribution in [0.4, 0.5) is 24.8 Å². The number of hydrogen-bond acceptors (Lipinski definition) is 6. The fourth-order valence-electron chi connectivity index (χ4n) is 5.63. The van der Waals surface area contributed by atoms with E-state index in [4.69, 9.17) is 15.5 Å². The maximum absolute atomic E-state index is 13.1. The van der Waals surface area contributed by atoms with Gasteiger partial charge in [0.2, 0.25) is 0 Å². The first-order chi connectivity index (χ1) is 19.6. The summed E-state index contributed by atoms with van der Waals surface area (Å²) in [5.74, 6) is 2.30. The Morgan fingerprint density at radius 3 is 2.71 bits per heavy atom. The van der Waals surface area contributed by atoms with E-state index in [9.17, 15) is 18.0 Å². The molecule has 3 aromatic heterocycles. The van der Waals surface area contributed by atoms with Gasteiger partial charge in [-0.3, -0.25) is 9.20 Å². The van der Waals surface area contributed by atoms with Crippen LogP contribution in [-0.4, -0.2) is 31.9 Å². The number of fused-ring (bicyclic) bond motifs is 1. The quantitative estimate of drug-likeness (QED) is 0.250. The Bertz CT molecular complexity index is 1570. The average molecular weight is 567 g/mol. The Hall–Kier alpha value is -4.15. The molecule has 1 amide bonds. The molecule has 41 heavy (non-hydrogen) atoms. The number of imidazole rings is 1. The number of nitrogens with two attached hydrogens (primary N) is 1. The zero-order valence-corrected chi connectivity index (χ0v) is 23.2. The van der Waals surface area contributed by atoms with Crippen LogP contribution in [0.5, 0.6) is 5.75 Å². The largest absolute Gasteiger partial charge is 0.493 e. The highest BCUT2D eigenvalue weighted by molar-refractivity contribution is 6.04. The Morgan fingerprint density at radius 2 is 1.98 bits per heavy atom. The van der Waals surface area contributed by atoms with E-state index < -0.39 is 17.6 Å². The van der Waals surface area contributed by atoms with Crippen molar-refractivity contribution in [2.75, 3.05) is 17.7 Å². The molecule has 0 bridgehead atoms. The molecule has 1 fully saturated rings. The van der Waals surface area contributed by atoms with Crippen molar-refractivity contribution >= 4 is 23.1 Å². The number of nitrogen functional groups attached to an aromatic ring is 1. The molecular weight excluding hydrogens is 533 g/mol. The lowest BCUT2D eigenvalue weighted by atomic mass is 9.76. The van der Waals surface area contributed by atoms with Crippen LogP contribution in [-0.2, 0) is 6.18 Å². The molecule has 8 nitrogen and oxygen atoms in total. The molecule has 216 valence electrons. The van der Waals surface area contributed by atoms with Gasteiger partial charge in [0.05, 0.1) is 12.2 Å². The molecule has 0 aliphatic heterocycles. The van der Waals surface area contributed by atoms with E-state index in [2.05, 4.69) is 29.1 Å². The predicted molar refractivity (Wildman–Crippen MR) is 151 cm³/mol. The van der Waals surface area contributed by atoms with Crippen molar-refractivity contribution in [3.63, 3.8) is 0 Å². The topological polar surface area (TPSA) is 107 Å². The van der Waals surface area contributed by atoms with Crippen molar-refractivity contribution in [2.24, 2.45) is 11.8 Å². The van der Waals surface area contributed by atoms with Crippen molar-refractivity contribution < 1.29 is 22.7 Å². The molecule has 1 aliphatic carbocycles. The minimum atomic E-state index is -4.55. The number of alkyl halides is 3. The van der Waals surface area contributed by atoms with E-state index in [1.165, 1.54) is 6.42 Å². The highest BCUT2D eigenvalue weighted by Crippen LogP contribution is 2.42. The number of hydrogen-bond donors (Lipinski definition) is 2. The van der Waals surface area contributed by atoms with E-state index in [1.807, 2.05) is 17.5 Å².